The number of allylic oxidation sites excluding steroid dienone is 2. The molecule has 0 amide bonds. The van der Waals surface area contributed by atoms with E-state index in [0.717, 1.165) is 11.3 Å². The Bertz CT molecular complexity index is 732. The van der Waals surface area contributed by atoms with E-state index in [1.165, 1.54) is 0 Å². The smallest absolute Gasteiger partial charge is 0.161 e. The molecule has 3 nitrogen and oxygen atoms in total. The molecule has 0 aromatic heterocycles. The minimum absolute atomic E-state index is 0.0543. The molecule has 0 radical (unpaired) electrons. The van der Waals surface area contributed by atoms with Gasteiger partial charge in [0.1, 0.15) is 11.5 Å². The van der Waals surface area contributed by atoms with Gasteiger partial charge in [-0.05, 0) is 36.3 Å². The number of para-hydroxylation sites is 1. The van der Waals surface area contributed by atoms with Crippen LogP contribution >= 0.6 is 0 Å². The average Bonchev–Trinajstić information content (AvgIpc) is 2.61. The number of rotatable bonds is 5. The normalized spacial score (nSPS) is 20.6. The molecular formula is C21H20O3. The lowest BCUT2D eigenvalue weighted by Gasteiger charge is -2.25. The van der Waals surface area contributed by atoms with Gasteiger partial charge >= 0.3 is 0 Å². The Balaban J connectivity index is 1.62. The van der Waals surface area contributed by atoms with Gasteiger partial charge in [-0.2, -0.15) is 0 Å². The van der Waals surface area contributed by atoms with E-state index < -0.39 is 12.0 Å². The summed E-state index contributed by atoms with van der Waals surface area (Å²) in [5.74, 6) is 0.990. The molecule has 3 rings (SSSR count). The number of hydrogen-bond donors (Lipinski definition) is 1. The predicted octanol–water partition coefficient (Wildman–Crippen LogP) is 4.00. The maximum absolute atomic E-state index is 12.3. The van der Waals surface area contributed by atoms with Crippen LogP contribution in [0.15, 0.2) is 78.6 Å². The van der Waals surface area contributed by atoms with Gasteiger partial charge < -0.3 is 9.84 Å². The minimum Gasteiger partial charge on any atom is -0.462 e. The lowest BCUT2D eigenvalue weighted by atomic mass is 9.86. The number of carbonyl (C=O) groups is 1. The number of carbonyl (C=O) groups excluding carboxylic acids is 1. The van der Waals surface area contributed by atoms with E-state index in [4.69, 9.17) is 4.74 Å². The van der Waals surface area contributed by atoms with E-state index in [1.54, 1.807) is 12.2 Å². The van der Waals surface area contributed by atoms with E-state index in [2.05, 4.69) is 0 Å². The molecular weight excluding hydrogens is 300 g/mol. The first kappa shape index (κ1) is 16.2. The Labute approximate surface area is 141 Å². The van der Waals surface area contributed by atoms with Crippen molar-refractivity contribution in [3.8, 4) is 5.75 Å². The van der Waals surface area contributed by atoms with E-state index in [1.807, 2.05) is 66.7 Å². The third-order valence-electron chi connectivity index (χ3n) is 4.07. The van der Waals surface area contributed by atoms with Crippen LogP contribution in [0, 0.1) is 5.92 Å². The van der Waals surface area contributed by atoms with Gasteiger partial charge in [-0.15, -0.1) is 0 Å². The van der Waals surface area contributed by atoms with Crippen molar-refractivity contribution in [3.05, 3.63) is 84.1 Å². The standard InChI is InChI=1S/C21H20O3/c22-20(14-11-16-7-3-1-4-8-16)19-13-12-18(15-21(19)23)24-17-9-5-2-6-10-17/h1-12,14,19,21,23H,13,15H2/b14-11+. The van der Waals surface area contributed by atoms with Crippen molar-refractivity contribution in [2.45, 2.75) is 18.9 Å². The second-order valence-electron chi connectivity index (χ2n) is 5.85. The molecule has 1 aliphatic carbocycles. The Kier molecular flexibility index (Phi) is 5.24. The Hall–Kier alpha value is -2.65. The van der Waals surface area contributed by atoms with Crippen molar-refractivity contribution in [2.75, 3.05) is 0 Å². The molecule has 24 heavy (non-hydrogen) atoms. The average molecular weight is 320 g/mol. The third kappa shape index (κ3) is 4.21. The SMILES string of the molecule is O=C(/C=C/c1ccccc1)C1CC=C(Oc2ccccc2)CC1O. The van der Waals surface area contributed by atoms with Crippen molar-refractivity contribution >= 4 is 11.9 Å². The molecule has 122 valence electrons. The fourth-order valence-electron chi connectivity index (χ4n) is 2.74. The van der Waals surface area contributed by atoms with E-state index in [9.17, 15) is 9.90 Å². The summed E-state index contributed by atoms with van der Waals surface area (Å²) < 4.78 is 5.75. The first-order valence-electron chi connectivity index (χ1n) is 8.09. The summed E-state index contributed by atoms with van der Waals surface area (Å²) >= 11 is 0. The highest BCUT2D eigenvalue weighted by Gasteiger charge is 2.29. The van der Waals surface area contributed by atoms with Crippen LogP contribution in [-0.4, -0.2) is 17.0 Å². The largest absolute Gasteiger partial charge is 0.462 e. The molecule has 1 N–H and O–H groups in total. The van der Waals surface area contributed by atoms with Crippen molar-refractivity contribution in [1.82, 2.24) is 0 Å². The molecule has 0 saturated carbocycles. The fourth-order valence-corrected chi connectivity index (χ4v) is 2.74. The van der Waals surface area contributed by atoms with E-state index >= 15 is 0 Å². The number of ether oxygens (including phenoxy) is 1. The summed E-state index contributed by atoms with van der Waals surface area (Å²) in [5.41, 5.74) is 0.972. The number of aliphatic hydroxyl groups is 1. The Morgan fingerprint density at radius 2 is 1.71 bits per heavy atom. The number of benzene rings is 2. The van der Waals surface area contributed by atoms with Crippen molar-refractivity contribution in [1.29, 1.82) is 0 Å². The highest BCUT2D eigenvalue weighted by atomic mass is 16.5. The van der Waals surface area contributed by atoms with Crippen LogP contribution in [0.25, 0.3) is 6.08 Å². The van der Waals surface area contributed by atoms with Crippen molar-refractivity contribution in [2.24, 2.45) is 5.92 Å². The Morgan fingerprint density at radius 1 is 1.04 bits per heavy atom. The molecule has 0 heterocycles. The molecule has 0 fully saturated rings. The topological polar surface area (TPSA) is 46.5 Å². The van der Waals surface area contributed by atoms with Crippen molar-refractivity contribution in [3.63, 3.8) is 0 Å². The maximum atomic E-state index is 12.3. The Morgan fingerprint density at radius 3 is 2.38 bits per heavy atom. The van der Waals surface area contributed by atoms with E-state index in [-0.39, 0.29) is 5.78 Å². The lowest BCUT2D eigenvalue weighted by Crippen LogP contribution is -2.30. The second kappa shape index (κ2) is 7.75. The van der Waals surface area contributed by atoms with Gasteiger partial charge in [-0.1, -0.05) is 54.6 Å². The molecule has 0 aliphatic heterocycles. The number of hydrogen-bond acceptors (Lipinski definition) is 3. The second-order valence-corrected chi connectivity index (χ2v) is 5.85. The van der Waals surface area contributed by atoms with Crippen LogP contribution in [0.1, 0.15) is 18.4 Å². The molecule has 2 aromatic carbocycles. The van der Waals surface area contributed by atoms with Gasteiger partial charge in [0.15, 0.2) is 5.78 Å². The summed E-state index contributed by atoms with van der Waals surface area (Å²) in [6.07, 6.45) is 5.36. The molecule has 2 unspecified atom stereocenters. The van der Waals surface area contributed by atoms with Gasteiger partial charge in [0, 0.05) is 6.42 Å². The van der Waals surface area contributed by atoms with Crippen LogP contribution in [-0.2, 0) is 4.79 Å². The van der Waals surface area contributed by atoms with Gasteiger partial charge in [0.25, 0.3) is 0 Å². The summed E-state index contributed by atoms with van der Waals surface area (Å²) in [7, 11) is 0. The molecule has 0 saturated heterocycles. The highest BCUT2D eigenvalue weighted by Crippen LogP contribution is 2.27. The van der Waals surface area contributed by atoms with Crippen LogP contribution in [0.2, 0.25) is 0 Å². The van der Waals surface area contributed by atoms with Gasteiger partial charge in [0.05, 0.1) is 12.0 Å². The molecule has 0 bridgehead atoms. The van der Waals surface area contributed by atoms with Gasteiger partial charge in [0.2, 0.25) is 0 Å². The number of ketones is 1. The predicted molar refractivity (Wildman–Crippen MR) is 94.4 cm³/mol. The minimum atomic E-state index is -0.721. The van der Waals surface area contributed by atoms with Gasteiger partial charge in [-0.25, -0.2) is 0 Å². The highest BCUT2D eigenvalue weighted by molar-refractivity contribution is 5.96. The number of aliphatic hydroxyl groups excluding tert-OH is 1. The quantitative estimate of drug-likeness (QED) is 0.847. The molecule has 1 aliphatic rings. The third-order valence-corrected chi connectivity index (χ3v) is 4.07. The van der Waals surface area contributed by atoms with E-state index in [0.29, 0.717) is 18.6 Å². The first-order valence-corrected chi connectivity index (χ1v) is 8.09. The van der Waals surface area contributed by atoms with Crippen LogP contribution in [0.5, 0.6) is 5.75 Å². The van der Waals surface area contributed by atoms with Crippen molar-refractivity contribution < 1.29 is 14.6 Å². The molecule has 3 heteroatoms. The monoisotopic (exact) mass is 320 g/mol. The lowest BCUT2D eigenvalue weighted by molar-refractivity contribution is -0.121. The van der Waals surface area contributed by atoms with Crippen LogP contribution in [0.3, 0.4) is 0 Å². The maximum Gasteiger partial charge on any atom is 0.161 e. The first-order chi connectivity index (χ1) is 11.7. The zero-order chi connectivity index (χ0) is 16.8. The summed E-state index contributed by atoms with van der Waals surface area (Å²) in [5, 5.41) is 10.3. The van der Waals surface area contributed by atoms with Crippen LogP contribution < -0.4 is 4.74 Å². The molecule has 0 spiro atoms. The summed E-state index contributed by atoms with van der Waals surface area (Å²) in [6.45, 7) is 0. The van der Waals surface area contributed by atoms with Crippen LogP contribution in [0.4, 0.5) is 0 Å². The summed E-state index contributed by atoms with van der Waals surface area (Å²) in [6, 6.07) is 19.1. The zero-order valence-electron chi connectivity index (χ0n) is 13.3. The van der Waals surface area contributed by atoms with Gasteiger partial charge in [-0.3, -0.25) is 4.79 Å². The fraction of sp³-hybridized carbons (Fsp3) is 0.190. The summed E-state index contributed by atoms with van der Waals surface area (Å²) in [4.78, 5) is 12.3. The zero-order valence-corrected chi connectivity index (χ0v) is 13.3. The molecule has 2 aromatic rings. The molecule has 2 atom stereocenters.